The fourth-order valence-electron chi connectivity index (χ4n) is 2.70. The summed E-state index contributed by atoms with van der Waals surface area (Å²) in [5.41, 5.74) is 1.33. The Labute approximate surface area is 102 Å². The van der Waals surface area contributed by atoms with Gasteiger partial charge in [0.1, 0.15) is 0 Å². The number of aromatic nitrogens is 1. The van der Waals surface area contributed by atoms with Crippen molar-refractivity contribution < 1.29 is 5.11 Å². The molecular formula is C15H8NO2-. The molecule has 0 aliphatic heterocycles. The second kappa shape index (κ2) is 3.01. The molecule has 2 heterocycles. The van der Waals surface area contributed by atoms with Crippen molar-refractivity contribution in [2.24, 2.45) is 0 Å². The Hall–Kier alpha value is -2.55. The van der Waals surface area contributed by atoms with E-state index in [1.807, 2.05) is 36.4 Å². The summed E-state index contributed by atoms with van der Waals surface area (Å²) < 4.78 is 1.63. The van der Waals surface area contributed by atoms with Gasteiger partial charge in [-0.25, -0.2) is 0 Å². The fourth-order valence-corrected chi connectivity index (χ4v) is 2.70. The molecule has 0 amide bonds. The molecule has 18 heavy (non-hydrogen) atoms. The zero-order valence-electron chi connectivity index (χ0n) is 9.38. The average molecular weight is 234 g/mol. The third kappa shape index (κ3) is 0.966. The van der Waals surface area contributed by atoms with Crippen molar-refractivity contribution in [2.45, 2.75) is 0 Å². The third-order valence-electron chi connectivity index (χ3n) is 3.44. The van der Waals surface area contributed by atoms with E-state index >= 15 is 0 Å². The van der Waals surface area contributed by atoms with Gasteiger partial charge in [0.25, 0.3) is 5.56 Å². The van der Waals surface area contributed by atoms with Crippen LogP contribution in [0.5, 0.6) is 5.75 Å². The molecule has 4 aromatic rings. The van der Waals surface area contributed by atoms with Gasteiger partial charge < -0.3 is 5.11 Å². The van der Waals surface area contributed by atoms with Crippen molar-refractivity contribution in [2.75, 3.05) is 0 Å². The molecule has 2 aromatic carbocycles. The van der Waals surface area contributed by atoms with Crippen LogP contribution in [0.25, 0.3) is 27.2 Å². The Morgan fingerprint density at radius 3 is 2.50 bits per heavy atom. The van der Waals surface area contributed by atoms with Gasteiger partial charge >= 0.3 is 0 Å². The minimum absolute atomic E-state index is 0.207. The first-order chi connectivity index (χ1) is 8.77. The quantitative estimate of drug-likeness (QED) is 0.467. The van der Waals surface area contributed by atoms with E-state index < -0.39 is 0 Å². The number of hydrogen-bond donors (Lipinski definition) is 0. The van der Waals surface area contributed by atoms with Crippen molar-refractivity contribution in [1.29, 1.82) is 0 Å². The van der Waals surface area contributed by atoms with Crippen LogP contribution in [0.2, 0.25) is 0 Å². The molecule has 0 aliphatic carbocycles. The molecule has 0 aliphatic rings. The minimum atomic E-state index is -0.259. The van der Waals surface area contributed by atoms with E-state index in [0.29, 0.717) is 5.39 Å². The molecule has 0 fully saturated rings. The van der Waals surface area contributed by atoms with Crippen molar-refractivity contribution in [1.82, 2.24) is 4.40 Å². The highest BCUT2D eigenvalue weighted by Crippen LogP contribution is 2.32. The van der Waals surface area contributed by atoms with Gasteiger partial charge in [-0.15, -0.1) is 0 Å². The maximum Gasteiger partial charge on any atom is 0.254 e. The zero-order chi connectivity index (χ0) is 12.3. The van der Waals surface area contributed by atoms with Crippen LogP contribution in [0.1, 0.15) is 0 Å². The van der Waals surface area contributed by atoms with Gasteiger partial charge in [0.05, 0.1) is 11.0 Å². The average Bonchev–Trinajstić information content (AvgIpc) is 2.72. The van der Waals surface area contributed by atoms with Crippen molar-refractivity contribution in [3.63, 3.8) is 0 Å². The van der Waals surface area contributed by atoms with Gasteiger partial charge in [-0.05, 0) is 17.5 Å². The van der Waals surface area contributed by atoms with Gasteiger partial charge in [-0.3, -0.25) is 9.20 Å². The Morgan fingerprint density at radius 2 is 1.61 bits per heavy atom. The summed E-state index contributed by atoms with van der Waals surface area (Å²) in [7, 11) is 0. The number of hydrogen-bond acceptors (Lipinski definition) is 2. The zero-order valence-corrected chi connectivity index (χ0v) is 9.38. The Bertz CT molecular complexity index is 953. The molecule has 0 radical (unpaired) electrons. The predicted molar refractivity (Wildman–Crippen MR) is 69.3 cm³/mol. The lowest BCUT2D eigenvalue weighted by Crippen LogP contribution is -2.12. The highest BCUT2D eigenvalue weighted by atomic mass is 16.3. The molecule has 0 N–H and O–H groups in total. The van der Waals surface area contributed by atoms with Gasteiger partial charge in [0.2, 0.25) is 0 Å². The maximum atomic E-state index is 12.0. The minimum Gasteiger partial charge on any atom is -0.872 e. The molecule has 0 bridgehead atoms. The number of fused-ring (bicyclic) bond motifs is 3. The van der Waals surface area contributed by atoms with E-state index in [4.69, 9.17) is 0 Å². The highest BCUT2D eigenvalue weighted by molar-refractivity contribution is 6.14. The lowest BCUT2D eigenvalue weighted by Gasteiger charge is -2.10. The number of nitrogens with zero attached hydrogens (tertiary/aromatic N) is 1. The molecular weight excluding hydrogens is 226 g/mol. The van der Waals surface area contributed by atoms with E-state index in [2.05, 4.69) is 0 Å². The summed E-state index contributed by atoms with van der Waals surface area (Å²) in [4.78, 5) is 12.0. The standard InChI is InChI=1S/C15H9NO2/c17-13-8-14(18)16-12-7-2-1-4-9(12)10-5-3-6-11(13)15(10)16/h1-8,17H/p-1. The summed E-state index contributed by atoms with van der Waals surface area (Å²) in [5, 5.41) is 14.4. The molecule has 2 aromatic heterocycles. The van der Waals surface area contributed by atoms with E-state index in [-0.39, 0.29) is 11.3 Å². The molecule has 0 atom stereocenters. The monoisotopic (exact) mass is 234 g/mol. The normalized spacial score (nSPS) is 11.8. The molecule has 3 heteroatoms. The van der Waals surface area contributed by atoms with Crippen LogP contribution in [0, 0.1) is 0 Å². The first-order valence-electron chi connectivity index (χ1n) is 5.73. The molecule has 86 valence electrons. The molecule has 0 unspecified atom stereocenters. The Balaban J connectivity index is 2.55. The predicted octanol–water partition coefficient (Wildman–Crippen LogP) is 2.12. The lowest BCUT2D eigenvalue weighted by molar-refractivity contribution is -0.266. The van der Waals surface area contributed by atoms with Crippen molar-refractivity contribution >= 4 is 27.2 Å². The maximum absolute atomic E-state index is 12.0. The van der Waals surface area contributed by atoms with Gasteiger partial charge in [-0.2, -0.15) is 0 Å². The van der Waals surface area contributed by atoms with Crippen LogP contribution in [0.15, 0.2) is 53.3 Å². The first-order valence-corrected chi connectivity index (χ1v) is 5.73. The number of para-hydroxylation sites is 2. The molecule has 3 nitrogen and oxygen atoms in total. The van der Waals surface area contributed by atoms with Crippen LogP contribution in [-0.2, 0) is 0 Å². The number of pyridine rings is 1. The lowest BCUT2D eigenvalue weighted by atomic mass is 10.1. The Kier molecular flexibility index (Phi) is 1.59. The molecule has 0 saturated carbocycles. The molecule has 0 saturated heterocycles. The number of rotatable bonds is 0. The van der Waals surface area contributed by atoms with Crippen LogP contribution >= 0.6 is 0 Å². The second-order valence-electron chi connectivity index (χ2n) is 4.40. The van der Waals surface area contributed by atoms with Crippen LogP contribution in [0.3, 0.4) is 0 Å². The van der Waals surface area contributed by atoms with Crippen LogP contribution in [-0.4, -0.2) is 4.40 Å². The van der Waals surface area contributed by atoms with E-state index in [1.54, 1.807) is 10.5 Å². The smallest absolute Gasteiger partial charge is 0.254 e. The van der Waals surface area contributed by atoms with E-state index in [0.717, 1.165) is 27.9 Å². The van der Waals surface area contributed by atoms with E-state index in [1.165, 1.54) is 0 Å². The largest absolute Gasteiger partial charge is 0.872 e. The first kappa shape index (κ1) is 9.48. The summed E-state index contributed by atoms with van der Waals surface area (Å²) in [6.45, 7) is 0. The third-order valence-corrected chi connectivity index (χ3v) is 3.44. The molecule has 0 spiro atoms. The highest BCUT2D eigenvalue weighted by Gasteiger charge is 2.12. The summed E-state index contributed by atoms with van der Waals surface area (Å²) in [5.74, 6) is -0.207. The Morgan fingerprint density at radius 1 is 0.889 bits per heavy atom. The second-order valence-corrected chi connectivity index (χ2v) is 4.40. The van der Waals surface area contributed by atoms with Crippen molar-refractivity contribution in [3.8, 4) is 5.75 Å². The van der Waals surface area contributed by atoms with E-state index in [9.17, 15) is 9.90 Å². The van der Waals surface area contributed by atoms with Crippen LogP contribution < -0.4 is 10.7 Å². The van der Waals surface area contributed by atoms with Gasteiger partial charge in [0.15, 0.2) is 0 Å². The summed E-state index contributed by atoms with van der Waals surface area (Å²) >= 11 is 0. The van der Waals surface area contributed by atoms with Gasteiger partial charge in [0, 0.05) is 10.8 Å². The summed E-state index contributed by atoms with van der Waals surface area (Å²) in [6.07, 6.45) is 0. The van der Waals surface area contributed by atoms with Gasteiger partial charge in [-0.1, -0.05) is 42.1 Å². The van der Waals surface area contributed by atoms with Crippen LogP contribution in [0.4, 0.5) is 0 Å². The topological polar surface area (TPSA) is 44.5 Å². The van der Waals surface area contributed by atoms with Crippen molar-refractivity contribution in [3.05, 3.63) is 58.9 Å². The SMILES string of the molecule is O=c1cc([O-])c2cccc3c4ccccc4n1c23. The summed E-state index contributed by atoms with van der Waals surface area (Å²) in [6, 6.07) is 14.4. The molecule has 4 rings (SSSR count). The fraction of sp³-hybridized carbons (Fsp3) is 0. The number of benzene rings is 2.